The third kappa shape index (κ3) is 5.96. The van der Waals surface area contributed by atoms with Gasteiger partial charge in [-0.2, -0.15) is 0 Å². The van der Waals surface area contributed by atoms with Crippen LogP contribution in [0, 0.1) is 17.5 Å². The van der Waals surface area contributed by atoms with E-state index < -0.39 is 4.92 Å². The largest absolute Gasteiger partial charge is 1.00 e. The molecule has 106 valence electrons. The van der Waals surface area contributed by atoms with Crippen LogP contribution in [0.3, 0.4) is 0 Å². The minimum Gasteiger partial charge on any atom is -0.484 e. The van der Waals surface area contributed by atoms with E-state index in [1.807, 2.05) is 0 Å². The van der Waals surface area contributed by atoms with E-state index in [9.17, 15) is 10.1 Å². The summed E-state index contributed by atoms with van der Waals surface area (Å²) >= 11 is 3.29. The molecule has 0 aromatic heterocycles. The summed E-state index contributed by atoms with van der Waals surface area (Å²) < 4.78 is 6.24. The Kier molecular flexibility index (Phi) is 11.1. The van der Waals surface area contributed by atoms with Gasteiger partial charge in [0.25, 0.3) is 0 Å². The van der Waals surface area contributed by atoms with Crippen molar-refractivity contribution in [2.24, 2.45) is 0 Å². The fraction of sp³-hybridized carbons (Fsp3) is 0.462. The van der Waals surface area contributed by atoms with Gasteiger partial charge in [0.1, 0.15) is 6.61 Å². The van der Waals surface area contributed by atoms with Gasteiger partial charge in [-0.3, -0.25) is 10.1 Å². The smallest absolute Gasteiger partial charge is 0.484 e. The van der Waals surface area contributed by atoms with E-state index in [-0.39, 0.29) is 88.0 Å². The van der Waals surface area contributed by atoms with Crippen LogP contribution in [0.25, 0.3) is 0 Å². The fourth-order valence-corrected chi connectivity index (χ4v) is 2.50. The molecular weight excluding hydrogens is 445 g/mol. The van der Waals surface area contributed by atoms with Crippen molar-refractivity contribution in [2.75, 3.05) is 13.2 Å². The van der Waals surface area contributed by atoms with Crippen molar-refractivity contribution < 1.29 is 78.6 Å². The molecule has 20 heavy (non-hydrogen) atoms. The predicted octanol–water partition coefficient (Wildman–Crippen LogP) is 0.332. The summed E-state index contributed by atoms with van der Waals surface area (Å²) in [4.78, 5) is 10.5. The topological polar surface area (TPSA) is 64.4 Å². The molecule has 0 unspecified atom stereocenters. The minimum absolute atomic E-state index is 0. The standard InChI is InChI=1S/C12H15BrN2O3.CH3.Cs/c13-10-5-3-6-11(15(16)17)12(10)18-8-9-4-1-2-7-14-9;;/h3,5-6,9,14H,1-2,4,7-8H2;1H3;/q;-1;+1/t9-;;/m0../s1. The molecule has 7 heteroatoms. The summed E-state index contributed by atoms with van der Waals surface area (Å²) in [6, 6.07) is 5.12. The number of hydrogen-bond acceptors (Lipinski definition) is 4. The average molecular weight is 463 g/mol. The van der Waals surface area contributed by atoms with E-state index in [4.69, 9.17) is 4.74 Å². The Balaban J connectivity index is 0.00000180. The summed E-state index contributed by atoms with van der Waals surface area (Å²) in [7, 11) is 0. The maximum Gasteiger partial charge on any atom is 1.00 e. The van der Waals surface area contributed by atoms with Crippen molar-refractivity contribution in [2.45, 2.75) is 25.3 Å². The zero-order chi connectivity index (χ0) is 13.0. The predicted molar refractivity (Wildman–Crippen MR) is 78.3 cm³/mol. The van der Waals surface area contributed by atoms with E-state index in [1.165, 1.54) is 18.9 Å². The first-order valence-corrected chi connectivity index (χ1v) is 6.77. The molecule has 0 amide bonds. The molecule has 0 spiro atoms. The van der Waals surface area contributed by atoms with Gasteiger partial charge in [-0.15, -0.1) is 0 Å². The molecule has 1 aliphatic rings. The molecule has 1 aliphatic heterocycles. The first-order valence-electron chi connectivity index (χ1n) is 5.97. The number of hydrogen-bond donors (Lipinski definition) is 1. The maximum atomic E-state index is 10.9. The Morgan fingerprint density at radius 2 is 2.20 bits per heavy atom. The first-order chi connectivity index (χ1) is 8.68. The van der Waals surface area contributed by atoms with E-state index >= 15 is 0 Å². The summed E-state index contributed by atoms with van der Waals surface area (Å²) in [6.07, 6.45) is 3.42. The van der Waals surface area contributed by atoms with Crippen LogP contribution in [0.1, 0.15) is 19.3 Å². The number of piperidine rings is 1. The van der Waals surface area contributed by atoms with Gasteiger partial charge < -0.3 is 17.5 Å². The van der Waals surface area contributed by atoms with Gasteiger partial charge in [-0.05, 0) is 41.4 Å². The molecule has 1 saturated heterocycles. The third-order valence-corrected chi connectivity index (χ3v) is 3.61. The second-order valence-electron chi connectivity index (χ2n) is 4.30. The number of nitro groups is 1. The van der Waals surface area contributed by atoms with Crippen LogP contribution in [0.5, 0.6) is 5.75 Å². The normalized spacial score (nSPS) is 17.6. The SMILES string of the molecule is O=[N+]([O-])c1cccc(Br)c1OC[C@@H]1CCCCN1.[CH3-].[Cs+]. The molecule has 1 aromatic carbocycles. The second kappa shape index (κ2) is 10.6. The number of halogens is 1. The van der Waals surface area contributed by atoms with E-state index in [0.717, 1.165) is 13.0 Å². The number of nitrogens with zero attached hydrogens (tertiary/aromatic N) is 1. The zero-order valence-corrected chi connectivity index (χ0v) is 19.8. The molecule has 0 bridgehead atoms. The van der Waals surface area contributed by atoms with Crippen molar-refractivity contribution in [1.82, 2.24) is 5.32 Å². The van der Waals surface area contributed by atoms with E-state index in [0.29, 0.717) is 16.8 Å². The van der Waals surface area contributed by atoms with Gasteiger partial charge in [0, 0.05) is 12.1 Å². The molecule has 0 radical (unpaired) electrons. The molecule has 0 saturated carbocycles. The number of rotatable bonds is 4. The van der Waals surface area contributed by atoms with Crippen LogP contribution in [0.4, 0.5) is 5.69 Å². The molecule has 2 rings (SSSR count). The first kappa shape index (κ1) is 20.9. The fourth-order valence-electron chi connectivity index (χ4n) is 2.03. The van der Waals surface area contributed by atoms with Crippen molar-refractivity contribution >= 4 is 21.6 Å². The number of ether oxygens (including phenoxy) is 1. The van der Waals surface area contributed by atoms with Gasteiger partial charge in [0.05, 0.1) is 9.40 Å². The molecule has 1 fully saturated rings. The summed E-state index contributed by atoms with van der Waals surface area (Å²) in [5.74, 6) is 0.315. The Morgan fingerprint density at radius 1 is 1.45 bits per heavy atom. The maximum absolute atomic E-state index is 10.9. The Bertz CT molecular complexity index is 440. The monoisotopic (exact) mass is 462 g/mol. The van der Waals surface area contributed by atoms with Gasteiger partial charge in [0.2, 0.25) is 5.75 Å². The van der Waals surface area contributed by atoms with Gasteiger partial charge in [0.15, 0.2) is 0 Å². The summed E-state index contributed by atoms with van der Waals surface area (Å²) in [5.41, 5.74) is 0.000171. The van der Waals surface area contributed by atoms with Gasteiger partial charge >= 0.3 is 74.6 Å². The Morgan fingerprint density at radius 3 is 2.80 bits per heavy atom. The third-order valence-electron chi connectivity index (χ3n) is 2.98. The number of benzene rings is 1. The molecule has 1 heterocycles. The number of para-hydroxylation sites is 1. The molecule has 0 aliphatic carbocycles. The Hall–Kier alpha value is 0.912. The summed E-state index contributed by atoms with van der Waals surface area (Å²) in [6.45, 7) is 1.45. The summed E-state index contributed by atoms with van der Waals surface area (Å²) in [5, 5.41) is 14.3. The van der Waals surface area contributed by atoms with Gasteiger partial charge in [-0.1, -0.05) is 12.5 Å². The number of nitro benzene ring substituents is 1. The van der Waals surface area contributed by atoms with Crippen molar-refractivity contribution in [3.63, 3.8) is 0 Å². The van der Waals surface area contributed by atoms with E-state index in [2.05, 4.69) is 21.2 Å². The molecule has 1 N–H and O–H groups in total. The quantitative estimate of drug-likeness (QED) is 0.398. The van der Waals surface area contributed by atoms with Crippen LogP contribution < -0.4 is 78.9 Å². The molecule has 1 atom stereocenters. The van der Waals surface area contributed by atoms with Crippen LogP contribution >= 0.6 is 15.9 Å². The van der Waals surface area contributed by atoms with Crippen molar-refractivity contribution in [3.8, 4) is 5.75 Å². The van der Waals surface area contributed by atoms with Crippen LogP contribution in [0.15, 0.2) is 22.7 Å². The molecule has 1 aromatic rings. The van der Waals surface area contributed by atoms with E-state index in [1.54, 1.807) is 12.1 Å². The van der Waals surface area contributed by atoms with Gasteiger partial charge in [-0.25, -0.2) is 0 Å². The van der Waals surface area contributed by atoms with Crippen LogP contribution in [-0.4, -0.2) is 24.1 Å². The zero-order valence-electron chi connectivity index (χ0n) is 11.9. The molecular formula is C13H18BrCsN2O3. The van der Waals surface area contributed by atoms with Crippen molar-refractivity contribution in [1.29, 1.82) is 0 Å². The molecule has 5 nitrogen and oxygen atoms in total. The van der Waals surface area contributed by atoms with Crippen LogP contribution in [0.2, 0.25) is 0 Å². The minimum atomic E-state index is -0.422. The van der Waals surface area contributed by atoms with Crippen molar-refractivity contribution in [3.05, 3.63) is 40.2 Å². The van der Waals surface area contributed by atoms with Crippen LogP contribution in [-0.2, 0) is 0 Å². The Labute approximate surface area is 186 Å². The number of nitrogens with one attached hydrogen (secondary N) is 1. The average Bonchev–Trinajstić information content (AvgIpc) is 2.38. The second-order valence-corrected chi connectivity index (χ2v) is 5.16.